The van der Waals surface area contributed by atoms with Gasteiger partial charge in [0.2, 0.25) is 0 Å². The molecule has 140 valence electrons. The van der Waals surface area contributed by atoms with Crippen molar-refractivity contribution in [1.82, 2.24) is 15.1 Å². The predicted molar refractivity (Wildman–Crippen MR) is 104 cm³/mol. The van der Waals surface area contributed by atoms with Crippen LogP contribution in [-0.4, -0.2) is 21.7 Å². The number of hydrogen-bond donors (Lipinski definition) is 1. The van der Waals surface area contributed by atoms with Gasteiger partial charge in [-0.05, 0) is 25.3 Å². The molecule has 3 rings (SSSR count). The van der Waals surface area contributed by atoms with Crippen LogP contribution in [0.5, 0.6) is 0 Å². The minimum Gasteiger partial charge on any atom is -0.348 e. The van der Waals surface area contributed by atoms with Crippen LogP contribution in [0.2, 0.25) is 0 Å². The number of fused-ring (bicyclic) bond motifs is 1. The van der Waals surface area contributed by atoms with Crippen molar-refractivity contribution in [1.29, 1.82) is 0 Å². The van der Waals surface area contributed by atoms with E-state index in [1.165, 1.54) is 11.1 Å². The normalized spacial score (nSPS) is 15.3. The van der Waals surface area contributed by atoms with Crippen LogP contribution < -0.4 is 10.9 Å². The van der Waals surface area contributed by atoms with Crippen LogP contribution in [0.4, 0.5) is 0 Å². The monoisotopic (exact) mass is 355 g/mol. The van der Waals surface area contributed by atoms with Gasteiger partial charge in [-0.2, -0.15) is 5.10 Å². The van der Waals surface area contributed by atoms with Gasteiger partial charge in [-0.3, -0.25) is 9.59 Å². The Bertz CT molecular complexity index is 806. The molecule has 0 bridgehead atoms. The first kappa shape index (κ1) is 18.6. The minimum absolute atomic E-state index is 0.105. The maximum Gasteiger partial charge on any atom is 0.274 e. The number of amides is 1. The third kappa shape index (κ3) is 4.32. The van der Waals surface area contributed by atoms with E-state index in [9.17, 15) is 9.59 Å². The van der Waals surface area contributed by atoms with E-state index >= 15 is 0 Å². The van der Waals surface area contributed by atoms with E-state index in [0.29, 0.717) is 23.0 Å². The number of carbonyl (C=O) groups excluding carboxylic acids is 1. The second-order valence-electron chi connectivity index (χ2n) is 7.29. The molecule has 1 aromatic carbocycles. The van der Waals surface area contributed by atoms with Crippen molar-refractivity contribution in [2.24, 2.45) is 0 Å². The van der Waals surface area contributed by atoms with E-state index < -0.39 is 0 Å². The van der Waals surface area contributed by atoms with Crippen molar-refractivity contribution in [3.05, 3.63) is 40.3 Å². The Morgan fingerprint density at radius 1 is 1.12 bits per heavy atom. The van der Waals surface area contributed by atoms with Crippen molar-refractivity contribution in [3.63, 3.8) is 0 Å². The van der Waals surface area contributed by atoms with Crippen molar-refractivity contribution in [2.75, 3.05) is 0 Å². The molecule has 1 aromatic heterocycles. The van der Waals surface area contributed by atoms with Crippen LogP contribution in [0, 0.1) is 0 Å². The summed E-state index contributed by atoms with van der Waals surface area (Å²) in [6.07, 6.45) is 9.90. The topological polar surface area (TPSA) is 64.0 Å². The van der Waals surface area contributed by atoms with Crippen LogP contribution in [0.3, 0.4) is 0 Å². The van der Waals surface area contributed by atoms with Crippen molar-refractivity contribution in [2.45, 2.75) is 77.3 Å². The largest absolute Gasteiger partial charge is 0.348 e. The summed E-state index contributed by atoms with van der Waals surface area (Å²) in [5.74, 6) is -0.157. The first-order valence-electron chi connectivity index (χ1n) is 10.0. The summed E-state index contributed by atoms with van der Waals surface area (Å²) in [6, 6.07) is 7.53. The first-order valence-corrected chi connectivity index (χ1v) is 10.0. The van der Waals surface area contributed by atoms with Gasteiger partial charge >= 0.3 is 0 Å². The summed E-state index contributed by atoms with van der Waals surface area (Å²) < 4.78 is 1.48. The van der Waals surface area contributed by atoms with Gasteiger partial charge in [0.05, 0.1) is 5.39 Å². The van der Waals surface area contributed by atoms with E-state index in [1.54, 1.807) is 6.07 Å². The van der Waals surface area contributed by atoms with Gasteiger partial charge in [0.25, 0.3) is 11.5 Å². The number of nitrogens with zero attached hydrogens (tertiary/aromatic N) is 2. The molecule has 1 saturated carbocycles. The molecule has 1 heterocycles. The zero-order valence-corrected chi connectivity index (χ0v) is 15.7. The van der Waals surface area contributed by atoms with E-state index in [-0.39, 0.29) is 17.5 Å². The molecule has 5 heteroatoms. The van der Waals surface area contributed by atoms with Crippen LogP contribution in [0.1, 0.15) is 75.2 Å². The molecule has 1 fully saturated rings. The van der Waals surface area contributed by atoms with E-state index in [1.807, 2.05) is 18.2 Å². The fourth-order valence-corrected chi connectivity index (χ4v) is 3.74. The van der Waals surface area contributed by atoms with E-state index in [0.717, 1.165) is 51.4 Å². The minimum atomic E-state index is -0.157. The second-order valence-corrected chi connectivity index (χ2v) is 7.29. The molecule has 0 spiro atoms. The quantitative estimate of drug-likeness (QED) is 0.762. The van der Waals surface area contributed by atoms with Crippen LogP contribution in [-0.2, 0) is 6.54 Å². The van der Waals surface area contributed by atoms with E-state index in [2.05, 4.69) is 17.3 Å². The molecule has 0 radical (unpaired) electrons. The van der Waals surface area contributed by atoms with Gasteiger partial charge in [0, 0.05) is 18.0 Å². The lowest BCUT2D eigenvalue weighted by Crippen LogP contribution is -2.38. The fourth-order valence-electron chi connectivity index (χ4n) is 3.74. The zero-order valence-electron chi connectivity index (χ0n) is 15.7. The standard InChI is InChI=1S/C21H29N3O2/c1-2-3-4-10-15-24-21(26)18-14-9-8-13-17(18)19(23-24)20(25)22-16-11-6-5-7-12-16/h8-9,13-14,16H,2-7,10-12,15H2,1H3,(H,22,25). The number of unbranched alkanes of at least 4 members (excludes halogenated alkanes) is 3. The predicted octanol–water partition coefficient (Wildman–Crippen LogP) is 4.04. The molecule has 1 aliphatic carbocycles. The Morgan fingerprint density at radius 2 is 1.85 bits per heavy atom. The lowest BCUT2D eigenvalue weighted by molar-refractivity contribution is 0.0922. The van der Waals surface area contributed by atoms with E-state index in [4.69, 9.17) is 0 Å². The molecular formula is C21H29N3O2. The van der Waals surface area contributed by atoms with Gasteiger partial charge < -0.3 is 5.32 Å². The molecule has 26 heavy (non-hydrogen) atoms. The molecule has 0 atom stereocenters. The first-order chi connectivity index (χ1) is 12.7. The number of aromatic nitrogens is 2. The fraction of sp³-hybridized carbons (Fsp3) is 0.571. The summed E-state index contributed by atoms with van der Waals surface area (Å²) in [4.78, 5) is 25.6. The number of rotatable bonds is 7. The third-order valence-corrected chi connectivity index (χ3v) is 5.25. The Kier molecular flexibility index (Phi) is 6.42. The summed E-state index contributed by atoms with van der Waals surface area (Å²) in [5, 5.41) is 8.81. The molecule has 1 amide bonds. The number of nitrogens with one attached hydrogen (secondary N) is 1. The lowest BCUT2D eigenvalue weighted by Gasteiger charge is -2.23. The van der Waals surface area contributed by atoms with Gasteiger partial charge in [-0.25, -0.2) is 4.68 Å². The van der Waals surface area contributed by atoms with Crippen molar-refractivity contribution >= 4 is 16.7 Å². The van der Waals surface area contributed by atoms with Crippen LogP contribution in [0.25, 0.3) is 10.8 Å². The Hall–Kier alpha value is -2.17. The molecular weight excluding hydrogens is 326 g/mol. The summed E-state index contributed by atoms with van der Waals surface area (Å²) in [7, 11) is 0. The lowest BCUT2D eigenvalue weighted by atomic mass is 9.95. The molecule has 1 aliphatic rings. The molecule has 5 nitrogen and oxygen atoms in total. The van der Waals surface area contributed by atoms with Gasteiger partial charge in [0.15, 0.2) is 5.69 Å². The van der Waals surface area contributed by atoms with Crippen LogP contribution in [0.15, 0.2) is 29.1 Å². The Balaban J connectivity index is 1.88. The smallest absolute Gasteiger partial charge is 0.274 e. The molecule has 2 aromatic rings. The molecule has 1 N–H and O–H groups in total. The van der Waals surface area contributed by atoms with Crippen LogP contribution >= 0.6 is 0 Å². The number of carbonyl (C=O) groups is 1. The van der Waals surface area contributed by atoms with Gasteiger partial charge in [0.1, 0.15) is 0 Å². The average Bonchev–Trinajstić information content (AvgIpc) is 2.67. The highest BCUT2D eigenvalue weighted by Gasteiger charge is 2.21. The maximum atomic E-state index is 12.9. The highest BCUT2D eigenvalue weighted by atomic mass is 16.2. The summed E-state index contributed by atoms with van der Waals surface area (Å²) >= 11 is 0. The average molecular weight is 355 g/mol. The highest BCUT2D eigenvalue weighted by Crippen LogP contribution is 2.19. The molecule has 0 aliphatic heterocycles. The second kappa shape index (κ2) is 8.97. The highest BCUT2D eigenvalue weighted by molar-refractivity contribution is 6.04. The SMILES string of the molecule is CCCCCCn1nc(C(=O)NC2CCCCC2)c2ccccc2c1=O. The Labute approximate surface area is 154 Å². The number of aryl methyl sites for hydroxylation is 1. The maximum absolute atomic E-state index is 12.9. The zero-order chi connectivity index (χ0) is 18.4. The third-order valence-electron chi connectivity index (χ3n) is 5.25. The summed E-state index contributed by atoms with van der Waals surface area (Å²) in [5.41, 5.74) is 0.271. The molecule has 0 unspecified atom stereocenters. The molecule has 0 saturated heterocycles. The van der Waals surface area contributed by atoms with Crippen molar-refractivity contribution in [3.8, 4) is 0 Å². The number of benzene rings is 1. The summed E-state index contributed by atoms with van der Waals surface area (Å²) in [6.45, 7) is 2.72. The number of hydrogen-bond acceptors (Lipinski definition) is 3. The van der Waals surface area contributed by atoms with Gasteiger partial charge in [-0.15, -0.1) is 0 Å². The van der Waals surface area contributed by atoms with Crippen molar-refractivity contribution < 1.29 is 4.79 Å². The van der Waals surface area contributed by atoms with Gasteiger partial charge in [-0.1, -0.05) is 63.6 Å². The Morgan fingerprint density at radius 3 is 2.58 bits per heavy atom.